The van der Waals surface area contributed by atoms with Crippen molar-refractivity contribution >= 4 is 21.8 Å². The van der Waals surface area contributed by atoms with E-state index in [-0.39, 0.29) is 4.90 Å². The number of sulfonamides is 1. The Balaban J connectivity index is 2.26. The molecule has 0 spiro atoms. The molecule has 0 bridgehead atoms. The summed E-state index contributed by atoms with van der Waals surface area (Å²) in [5, 5.41) is 0. The number of fused-ring (bicyclic) bond motifs is 1. The van der Waals surface area contributed by atoms with Crippen molar-refractivity contribution in [2.75, 3.05) is 0 Å². The molecule has 1 aromatic rings. The molecule has 5 heteroatoms. The highest BCUT2D eigenvalue weighted by molar-refractivity contribution is 7.90. The summed E-state index contributed by atoms with van der Waals surface area (Å²) in [4.78, 5) is 3.16. The fourth-order valence-corrected chi connectivity index (χ4v) is 3.03. The average molecular weight is 252 g/mol. The lowest BCUT2D eigenvalue weighted by atomic mass is 10.1. The van der Waals surface area contributed by atoms with Gasteiger partial charge in [0, 0.05) is 6.20 Å². The zero-order valence-electron chi connectivity index (χ0n) is 9.81. The highest BCUT2D eigenvalue weighted by Crippen LogP contribution is 2.22. The highest BCUT2D eigenvalue weighted by Gasteiger charge is 2.20. The van der Waals surface area contributed by atoms with Crippen LogP contribution in [0.2, 0.25) is 0 Å². The van der Waals surface area contributed by atoms with Gasteiger partial charge in [-0.3, -0.25) is 0 Å². The second kappa shape index (κ2) is 4.87. The van der Waals surface area contributed by atoms with Crippen molar-refractivity contribution in [3.63, 3.8) is 0 Å². The summed E-state index contributed by atoms with van der Waals surface area (Å²) < 4.78 is 27.8. The van der Waals surface area contributed by atoms with E-state index >= 15 is 0 Å². The fraction of sp³-hybridized carbons (Fsp3) is 0.417. The molecule has 0 amide bonds. The Kier molecular flexibility index (Phi) is 3.47. The van der Waals surface area contributed by atoms with Crippen LogP contribution >= 0.6 is 0 Å². The number of aromatic nitrogens is 1. The van der Waals surface area contributed by atoms with Crippen LogP contribution in [0.3, 0.4) is 0 Å². The molecule has 1 N–H and O–H groups in total. The zero-order valence-corrected chi connectivity index (χ0v) is 10.6. The number of rotatable bonds is 4. The molecule has 1 aliphatic heterocycles. The number of H-pyrrole nitrogens is 1. The van der Waals surface area contributed by atoms with Crippen LogP contribution < -0.4 is 0 Å². The minimum atomic E-state index is -3.53. The van der Waals surface area contributed by atoms with Gasteiger partial charge in [-0.2, -0.15) is 12.8 Å². The first-order valence-corrected chi connectivity index (χ1v) is 7.27. The number of nitrogens with zero attached hydrogens (tertiary/aromatic N) is 1. The molecule has 2 heterocycles. The Morgan fingerprint density at radius 2 is 2.12 bits per heavy atom. The first-order chi connectivity index (χ1) is 8.13. The van der Waals surface area contributed by atoms with Gasteiger partial charge in [0.25, 0.3) is 10.0 Å². The van der Waals surface area contributed by atoms with Gasteiger partial charge in [-0.15, -0.1) is 0 Å². The van der Waals surface area contributed by atoms with E-state index in [4.69, 9.17) is 0 Å². The Morgan fingerprint density at radius 3 is 2.88 bits per heavy atom. The van der Waals surface area contributed by atoms with Gasteiger partial charge in [-0.05, 0) is 31.1 Å². The minimum absolute atomic E-state index is 0.263. The summed E-state index contributed by atoms with van der Waals surface area (Å²) >= 11 is 0. The predicted molar refractivity (Wildman–Crippen MR) is 68.6 cm³/mol. The Morgan fingerprint density at radius 1 is 1.29 bits per heavy atom. The summed E-state index contributed by atoms with van der Waals surface area (Å²) in [5.74, 6) is 0. The molecule has 92 valence electrons. The zero-order chi connectivity index (χ0) is 12.3. The standard InChI is InChI=1S/C12H16N2O2S/c1-2-3-4-5-10-6-7-11-12(8-9-13-11)17(15,16)14-10/h6-9,13H,2-5H2,1H3. The monoisotopic (exact) mass is 252 g/mol. The number of hydrogen-bond donors (Lipinski definition) is 1. The molecule has 0 saturated heterocycles. The van der Waals surface area contributed by atoms with E-state index in [2.05, 4.69) is 16.3 Å². The molecule has 4 nitrogen and oxygen atoms in total. The third kappa shape index (κ3) is 2.66. The molecule has 2 rings (SSSR count). The van der Waals surface area contributed by atoms with Gasteiger partial charge in [0.05, 0.1) is 11.4 Å². The third-order valence-corrected chi connectivity index (χ3v) is 4.12. The van der Waals surface area contributed by atoms with Crippen molar-refractivity contribution in [3.8, 4) is 0 Å². The van der Waals surface area contributed by atoms with E-state index in [1.807, 2.05) is 0 Å². The lowest BCUT2D eigenvalue weighted by Crippen LogP contribution is -2.01. The van der Waals surface area contributed by atoms with Crippen LogP contribution in [-0.2, 0) is 10.0 Å². The minimum Gasteiger partial charge on any atom is -0.361 e. The third-order valence-electron chi connectivity index (χ3n) is 2.73. The van der Waals surface area contributed by atoms with Crippen LogP contribution in [0.5, 0.6) is 0 Å². The Hall–Kier alpha value is -1.36. The molecule has 0 saturated carbocycles. The number of nitrogens with one attached hydrogen (secondary N) is 1. The van der Waals surface area contributed by atoms with Crippen LogP contribution in [0.15, 0.2) is 27.6 Å². The number of aromatic amines is 1. The largest absolute Gasteiger partial charge is 0.361 e. The Bertz CT molecular complexity index is 553. The van der Waals surface area contributed by atoms with Crippen LogP contribution in [-0.4, -0.2) is 19.1 Å². The van der Waals surface area contributed by atoms with Gasteiger partial charge >= 0.3 is 0 Å². The van der Waals surface area contributed by atoms with Crippen LogP contribution in [0.4, 0.5) is 0 Å². The lowest BCUT2D eigenvalue weighted by Gasteiger charge is -1.99. The van der Waals surface area contributed by atoms with Crippen molar-refractivity contribution in [2.45, 2.75) is 37.5 Å². The van der Waals surface area contributed by atoms with E-state index in [0.717, 1.165) is 19.3 Å². The molecule has 0 aliphatic carbocycles. The van der Waals surface area contributed by atoms with E-state index in [9.17, 15) is 8.42 Å². The molecule has 0 atom stereocenters. The van der Waals surface area contributed by atoms with Crippen molar-refractivity contribution < 1.29 is 8.42 Å². The van der Waals surface area contributed by atoms with Crippen molar-refractivity contribution in [2.24, 2.45) is 4.40 Å². The normalized spacial score (nSPS) is 17.4. The first kappa shape index (κ1) is 12.1. The van der Waals surface area contributed by atoms with Crippen molar-refractivity contribution in [1.82, 2.24) is 4.98 Å². The van der Waals surface area contributed by atoms with Gasteiger partial charge in [-0.25, -0.2) is 0 Å². The number of unbranched alkanes of at least 4 members (excludes halogenated alkanes) is 2. The molecule has 17 heavy (non-hydrogen) atoms. The van der Waals surface area contributed by atoms with E-state index < -0.39 is 10.0 Å². The lowest BCUT2D eigenvalue weighted by molar-refractivity contribution is 0.598. The van der Waals surface area contributed by atoms with Crippen LogP contribution in [0, 0.1) is 0 Å². The molecule has 0 fully saturated rings. The average Bonchev–Trinajstić information content (AvgIpc) is 2.70. The fourth-order valence-electron chi connectivity index (χ4n) is 1.82. The van der Waals surface area contributed by atoms with Crippen LogP contribution in [0.25, 0.3) is 6.08 Å². The summed E-state index contributed by atoms with van der Waals surface area (Å²) in [5.41, 5.74) is 1.25. The maximum Gasteiger partial charge on any atom is 0.284 e. The summed E-state index contributed by atoms with van der Waals surface area (Å²) in [6, 6.07) is 1.55. The SMILES string of the molecule is CCCCCC1=NS(=O)(=O)c2cc[nH]c2C=C1. The molecule has 1 aromatic heterocycles. The summed E-state index contributed by atoms with van der Waals surface area (Å²) in [7, 11) is -3.53. The smallest absolute Gasteiger partial charge is 0.284 e. The van der Waals surface area contributed by atoms with Gasteiger partial charge in [0.2, 0.25) is 0 Å². The molecular formula is C12H16N2O2S. The topological polar surface area (TPSA) is 62.3 Å². The maximum atomic E-state index is 11.9. The molecule has 0 unspecified atom stereocenters. The van der Waals surface area contributed by atoms with Crippen molar-refractivity contribution in [3.05, 3.63) is 24.0 Å². The number of allylic oxidation sites excluding steroid dienone is 1. The van der Waals surface area contributed by atoms with Crippen LogP contribution in [0.1, 0.15) is 38.3 Å². The van der Waals surface area contributed by atoms with Gasteiger partial charge in [0.15, 0.2) is 0 Å². The van der Waals surface area contributed by atoms with Gasteiger partial charge < -0.3 is 4.98 Å². The second-order valence-electron chi connectivity index (χ2n) is 4.10. The van der Waals surface area contributed by atoms with Gasteiger partial charge in [-0.1, -0.05) is 19.8 Å². The molecule has 0 radical (unpaired) electrons. The van der Waals surface area contributed by atoms with Crippen molar-refractivity contribution in [1.29, 1.82) is 0 Å². The highest BCUT2D eigenvalue weighted by atomic mass is 32.2. The molecule has 1 aliphatic rings. The molecule has 0 aromatic carbocycles. The van der Waals surface area contributed by atoms with E-state index in [0.29, 0.717) is 17.8 Å². The number of hydrogen-bond acceptors (Lipinski definition) is 2. The summed E-state index contributed by atoms with van der Waals surface area (Å²) in [6.07, 6.45) is 9.09. The predicted octanol–water partition coefficient (Wildman–Crippen LogP) is 2.75. The summed E-state index contributed by atoms with van der Waals surface area (Å²) in [6.45, 7) is 2.12. The first-order valence-electron chi connectivity index (χ1n) is 5.83. The van der Waals surface area contributed by atoms with E-state index in [1.54, 1.807) is 24.4 Å². The molecular weight excluding hydrogens is 236 g/mol. The maximum absolute atomic E-state index is 11.9. The Labute approximate surface area is 102 Å². The van der Waals surface area contributed by atoms with E-state index in [1.165, 1.54) is 0 Å². The quantitative estimate of drug-likeness (QED) is 0.837. The second-order valence-corrected chi connectivity index (χ2v) is 5.68. The van der Waals surface area contributed by atoms with Gasteiger partial charge in [0.1, 0.15) is 4.90 Å².